The van der Waals surface area contributed by atoms with Crippen LogP contribution in [0.3, 0.4) is 0 Å². The Morgan fingerprint density at radius 3 is 2.82 bits per heavy atom. The van der Waals surface area contributed by atoms with Gasteiger partial charge in [0.15, 0.2) is 11.5 Å². The Balaban J connectivity index is 1.38. The van der Waals surface area contributed by atoms with Crippen molar-refractivity contribution in [3.05, 3.63) is 65.4 Å². The summed E-state index contributed by atoms with van der Waals surface area (Å²) in [5.74, 6) is 1.43. The molecule has 0 saturated heterocycles. The van der Waals surface area contributed by atoms with E-state index in [1.165, 1.54) is 5.56 Å². The number of aryl methyl sites for hydroxylation is 1. The van der Waals surface area contributed by atoms with Crippen molar-refractivity contribution >= 4 is 5.91 Å². The molecule has 1 amide bonds. The average Bonchev–Trinajstić information content (AvgIpc) is 3.35. The summed E-state index contributed by atoms with van der Waals surface area (Å²) < 4.78 is 12.6. The molecule has 0 unspecified atom stereocenters. The Labute approximate surface area is 162 Å². The summed E-state index contributed by atoms with van der Waals surface area (Å²) in [5, 5.41) is 11.1. The molecule has 5 rings (SSSR count). The maximum absolute atomic E-state index is 12.3. The molecule has 2 N–H and O–H groups in total. The predicted octanol–water partition coefficient (Wildman–Crippen LogP) is 2.62. The van der Waals surface area contributed by atoms with Crippen molar-refractivity contribution in [2.24, 2.45) is 0 Å². The lowest BCUT2D eigenvalue weighted by Crippen LogP contribution is -2.45. The first kappa shape index (κ1) is 16.8. The van der Waals surface area contributed by atoms with Gasteiger partial charge in [0.05, 0.1) is 12.2 Å². The topological polar surface area (TPSA) is 77.4 Å². The summed E-state index contributed by atoms with van der Waals surface area (Å²) in [6.07, 6.45) is -0.127. The summed E-state index contributed by atoms with van der Waals surface area (Å²) in [6, 6.07) is 15.9. The Bertz CT molecular complexity index is 1040. The molecule has 2 aliphatic rings. The largest absolute Gasteiger partial charge is 0.454 e. The molecule has 28 heavy (non-hydrogen) atoms. The molecule has 0 saturated carbocycles. The molecule has 0 radical (unpaired) electrons. The van der Waals surface area contributed by atoms with E-state index in [0.717, 1.165) is 28.3 Å². The smallest absolute Gasteiger partial charge is 0.269 e. The Hall–Kier alpha value is -3.32. The van der Waals surface area contributed by atoms with Crippen molar-refractivity contribution in [3.8, 4) is 22.8 Å². The van der Waals surface area contributed by atoms with Gasteiger partial charge in [-0.05, 0) is 30.7 Å². The fourth-order valence-electron chi connectivity index (χ4n) is 3.48. The van der Waals surface area contributed by atoms with Crippen molar-refractivity contribution in [1.29, 1.82) is 0 Å². The number of fused-ring (bicyclic) bond motifs is 2. The molecule has 3 aromatic rings. The highest BCUT2D eigenvalue weighted by molar-refractivity contribution is 5.94. The third-order valence-electron chi connectivity index (χ3n) is 5.05. The number of nitrogens with one attached hydrogen (secondary N) is 2. The van der Waals surface area contributed by atoms with E-state index in [-0.39, 0.29) is 18.9 Å². The Kier molecular flexibility index (Phi) is 4.02. The van der Waals surface area contributed by atoms with E-state index < -0.39 is 0 Å². The van der Waals surface area contributed by atoms with Gasteiger partial charge in [0.2, 0.25) is 6.79 Å². The van der Waals surface area contributed by atoms with Gasteiger partial charge >= 0.3 is 0 Å². The highest BCUT2D eigenvalue weighted by atomic mass is 16.7. The number of carbonyl (C=O) groups excluding carboxylic acids is 1. The van der Waals surface area contributed by atoms with Gasteiger partial charge in [0.25, 0.3) is 5.91 Å². The quantitative estimate of drug-likeness (QED) is 0.732. The monoisotopic (exact) mass is 376 g/mol. The molecule has 0 spiro atoms. The Morgan fingerprint density at radius 2 is 1.96 bits per heavy atom. The first-order valence-electron chi connectivity index (χ1n) is 9.24. The van der Waals surface area contributed by atoms with E-state index in [1.54, 1.807) is 4.68 Å². The maximum atomic E-state index is 12.3. The van der Waals surface area contributed by atoms with E-state index in [1.807, 2.05) is 55.5 Å². The second-order valence-corrected chi connectivity index (χ2v) is 7.02. The highest BCUT2D eigenvalue weighted by Crippen LogP contribution is 2.32. The van der Waals surface area contributed by atoms with E-state index in [4.69, 9.17) is 14.6 Å². The van der Waals surface area contributed by atoms with Crippen molar-refractivity contribution in [2.75, 3.05) is 13.3 Å². The normalized spacial score (nSPS) is 17.3. The summed E-state index contributed by atoms with van der Waals surface area (Å²) in [5.41, 5.74) is 4.61. The molecule has 142 valence electrons. The van der Waals surface area contributed by atoms with Crippen LogP contribution in [0.2, 0.25) is 0 Å². The number of ether oxygens (including phenoxy) is 2. The fourth-order valence-corrected chi connectivity index (χ4v) is 3.48. The van der Waals surface area contributed by atoms with Crippen LogP contribution in [0.25, 0.3) is 11.3 Å². The van der Waals surface area contributed by atoms with Crippen LogP contribution in [-0.2, 0) is 6.54 Å². The zero-order valence-corrected chi connectivity index (χ0v) is 15.4. The van der Waals surface area contributed by atoms with Crippen LogP contribution in [0.5, 0.6) is 11.5 Å². The van der Waals surface area contributed by atoms with E-state index >= 15 is 0 Å². The number of carbonyl (C=O) groups is 1. The van der Waals surface area contributed by atoms with Crippen LogP contribution in [0.15, 0.2) is 48.5 Å². The minimum Gasteiger partial charge on any atom is -0.454 e. The second kappa shape index (κ2) is 6.69. The van der Waals surface area contributed by atoms with Gasteiger partial charge in [-0.25, -0.2) is 4.68 Å². The van der Waals surface area contributed by atoms with Gasteiger partial charge < -0.3 is 14.8 Å². The lowest BCUT2D eigenvalue weighted by molar-refractivity contribution is 0.0900. The molecule has 7 nitrogen and oxygen atoms in total. The van der Waals surface area contributed by atoms with E-state index in [2.05, 4.69) is 10.6 Å². The summed E-state index contributed by atoms with van der Waals surface area (Å²) in [4.78, 5) is 12.3. The highest BCUT2D eigenvalue weighted by Gasteiger charge is 2.27. The minimum atomic E-state index is -0.127. The van der Waals surface area contributed by atoms with Crippen molar-refractivity contribution in [1.82, 2.24) is 20.4 Å². The second-order valence-electron chi connectivity index (χ2n) is 7.02. The SMILES string of the molecule is Cc1ccc(-c2cc3n(n2)[C@@H](NCc2ccc4c(c2)OCO4)CNC3=O)cc1. The molecule has 7 heteroatoms. The van der Waals surface area contributed by atoms with Gasteiger partial charge in [0.1, 0.15) is 11.9 Å². The van der Waals surface area contributed by atoms with Crippen molar-refractivity contribution < 1.29 is 14.3 Å². The number of amides is 1. The van der Waals surface area contributed by atoms with Crippen LogP contribution >= 0.6 is 0 Å². The van der Waals surface area contributed by atoms with Gasteiger partial charge in [-0.15, -0.1) is 0 Å². The van der Waals surface area contributed by atoms with Crippen LogP contribution in [0.4, 0.5) is 0 Å². The number of rotatable bonds is 4. The third-order valence-corrected chi connectivity index (χ3v) is 5.05. The number of nitrogens with zero attached hydrogens (tertiary/aromatic N) is 2. The van der Waals surface area contributed by atoms with Gasteiger partial charge in [-0.3, -0.25) is 10.1 Å². The number of aromatic nitrogens is 2. The van der Waals surface area contributed by atoms with Crippen molar-refractivity contribution in [2.45, 2.75) is 19.6 Å². The molecular formula is C21H20N4O3. The molecule has 1 aromatic heterocycles. The van der Waals surface area contributed by atoms with Crippen LogP contribution in [-0.4, -0.2) is 29.0 Å². The standard InChI is InChI=1S/C21H20N4O3/c1-13-2-5-15(6-3-13)16-9-17-21(26)23-11-20(25(17)24-16)22-10-14-4-7-18-19(8-14)28-12-27-18/h2-9,20,22H,10-12H2,1H3,(H,23,26)/t20-/m1/s1. The molecule has 0 aliphatic carbocycles. The van der Waals surface area contributed by atoms with Crippen LogP contribution in [0.1, 0.15) is 27.8 Å². The third kappa shape index (κ3) is 2.99. The molecule has 3 heterocycles. The fraction of sp³-hybridized carbons (Fsp3) is 0.238. The summed E-state index contributed by atoms with van der Waals surface area (Å²) in [6.45, 7) is 3.41. The zero-order chi connectivity index (χ0) is 19.1. The minimum absolute atomic E-state index is 0.105. The molecule has 0 fully saturated rings. The predicted molar refractivity (Wildman–Crippen MR) is 103 cm³/mol. The summed E-state index contributed by atoms with van der Waals surface area (Å²) >= 11 is 0. The van der Waals surface area contributed by atoms with Crippen LogP contribution < -0.4 is 20.1 Å². The van der Waals surface area contributed by atoms with Gasteiger partial charge in [0, 0.05) is 12.1 Å². The molecule has 2 aromatic carbocycles. The lowest BCUT2D eigenvalue weighted by atomic mass is 10.1. The van der Waals surface area contributed by atoms with E-state index in [9.17, 15) is 4.79 Å². The number of hydrogen-bond acceptors (Lipinski definition) is 5. The Morgan fingerprint density at radius 1 is 1.14 bits per heavy atom. The first-order chi connectivity index (χ1) is 13.7. The van der Waals surface area contributed by atoms with E-state index in [0.29, 0.717) is 18.8 Å². The molecule has 0 bridgehead atoms. The van der Waals surface area contributed by atoms with Gasteiger partial charge in [-0.1, -0.05) is 35.9 Å². The van der Waals surface area contributed by atoms with Gasteiger partial charge in [-0.2, -0.15) is 5.10 Å². The summed E-state index contributed by atoms with van der Waals surface area (Å²) in [7, 11) is 0. The van der Waals surface area contributed by atoms with Crippen LogP contribution in [0, 0.1) is 6.92 Å². The molecule has 1 atom stereocenters. The average molecular weight is 376 g/mol. The lowest BCUT2D eigenvalue weighted by Gasteiger charge is -2.25. The molecule has 2 aliphatic heterocycles. The van der Waals surface area contributed by atoms with Crippen molar-refractivity contribution in [3.63, 3.8) is 0 Å². The first-order valence-corrected chi connectivity index (χ1v) is 9.24. The number of benzene rings is 2. The maximum Gasteiger partial charge on any atom is 0.269 e. The molecular weight excluding hydrogens is 356 g/mol. The zero-order valence-electron chi connectivity index (χ0n) is 15.4. The number of hydrogen-bond donors (Lipinski definition) is 2.